The third kappa shape index (κ3) is 9.10. The van der Waals surface area contributed by atoms with Gasteiger partial charge >= 0.3 is 84.2 Å². The Morgan fingerprint density at radius 2 is 1.08 bits per heavy atom. The molecule has 0 heterocycles. The molecule has 0 aromatic heterocycles. The van der Waals surface area contributed by atoms with Gasteiger partial charge in [0.2, 0.25) is 0 Å². The van der Waals surface area contributed by atoms with Crippen LogP contribution in [-0.2, 0) is 0 Å². The Bertz CT molecular complexity index is 150. The third-order valence-corrected chi connectivity index (χ3v) is 5.70. The molecule has 9 heteroatoms. The van der Waals surface area contributed by atoms with E-state index in [4.69, 9.17) is 0 Å². The standard InChI is InChI=1S/C3F6Se3/c4-2(5,6)11-1(10)12-3(7,8)9. The molecule has 0 atom stereocenters. The summed E-state index contributed by atoms with van der Waals surface area (Å²) in [6.45, 7) is 0. The molecule has 72 valence electrons. The van der Waals surface area contributed by atoms with Crippen LogP contribution in [-0.4, -0.2) is 57.9 Å². The van der Waals surface area contributed by atoms with Crippen LogP contribution in [0, 0.1) is 0 Å². The van der Waals surface area contributed by atoms with Crippen LogP contribution in [0.25, 0.3) is 0 Å². The third-order valence-electron chi connectivity index (χ3n) is 0.398. The topological polar surface area (TPSA) is 0 Å². The number of alkyl halides is 6. The minimum absolute atomic E-state index is 0.616. The van der Waals surface area contributed by atoms with Gasteiger partial charge in [-0.05, 0) is 0 Å². The molecule has 0 aromatic rings. The van der Waals surface area contributed by atoms with Crippen molar-refractivity contribution in [2.24, 2.45) is 0 Å². The van der Waals surface area contributed by atoms with Crippen molar-refractivity contribution < 1.29 is 26.3 Å². The first-order valence-electron chi connectivity index (χ1n) is 2.15. The van der Waals surface area contributed by atoms with E-state index in [0.717, 1.165) is 0 Å². The Hall–Kier alpha value is 1.01. The van der Waals surface area contributed by atoms with E-state index in [1.165, 1.54) is 0 Å². The first-order chi connectivity index (χ1) is 5.10. The second-order valence-electron chi connectivity index (χ2n) is 1.35. The van der Waals surface area contributed by atoms with Crippen LogP contribution < -0.4 is 0 Å². The van der Waals surface area contributed by atoms with Crippen molar-refractivity contribution in [2.45, 2.75) is 10.1 Å². The Kier molecular flexibility index (Phi) is 4.86. The number of halogens is 6. The van der Waals surface area contributed by atoms with E-state index in [1.54, 1.807) is 0 Å². The SMILES string of the molecule is FC(F)(F)[Se]C(=[Se])[Se]C(F)(F)F. The molecule has 0 fully saturated rings. The van der Waals surface area contributed by atoms with Gasteiger partial charge in [-0.2, -0.15) is 0 Å². The molecule has 0 aliphatic carbocycles. The Labute approximate surface area is 84.1 Å². The summed E-state index contributed by atoms with van der Waals surface area (Å²) in [7, 11) is 0. The van der Waals surface area contributed by atoms with E-state index in [0.29, 0.717) is 0 Å². The van der Waals surface area contributed by atoms with Crippen LogP contribution in [0.5, 0.6) is 0 Å². The number of hydrogen-bond donors (Lipinski definition) is 0. The minimum atomic E-state index is -4.50. The van der Waals surface area contributed by atoms with Crippen LogP contribution in [0.1, 0.15) is 0 Å². The summed E-state index contributed by atoms with van der Waals surface area (Å²) in [5.41, 5.74) is 0. The van der Waals surface area contributed by atoms with E-state index in [2.05, 4.69) is 0 Å². The first kappa shape index (κ1) is 13.0. The van der Waals surface area contributed by atoms with Gasteiger partial charge in [-0.25, -0.2) is 0 Å². The second kappa shape index (κ2) is 4.49. The van der Waals surface area contributed by atoms with Gasteiger partial charge in [-0.15, -0.1) is 0 Å². The van der Waals surface area contributed by atoms with Gasteiger partial charge in [0.25, 0.3) is 0 Å². The molecular weight excluding hydrogens is 387 g/mol. The zero-order chi connectivity index (χ0) is 9.99. The molecule has 12 heavy (non-hydrogen) atoms. The summed E-state index contributed by atoms with van der Waals surface area (Å²) in [4.78, 5) is 0. The molecule has 0 radical (unpaired) electrons. The van der Waals surface area contributed by atoms with Crippen LogP contribution >= 0.6 is 0 Å². The zero-order valence-electron chi connectivity index (χ0n) is 4.99. The summed E-state index contributed by atoms with van der Waals surface area (Å²) < 4.78 is 68.4. The molecule has 0 unspecified atom stereocenters. The van der Waals surface area contributed by atoms with Crippen molar-refractivity contribution in [2.75, 3.05) is 0 Å². The molecule has 0 rings (SSSR count). The predicted molar refractivity (Wildman–Crippen MR) is 34.4 cm³/mol. The maximum atomic E-state index is 11.5. The van der Waals surface area contributed by atoms with Crippen LogP contribution in [0.3, 0.4) is 0 Å². The van der Waals surface area contributed by atoms with Crippen LogP contribution in [0.2, 0.25) is 0 Å². The fraction of sp³-hybridized carbons (Fsp3) is 0.667. The van der Waals surface area contributed by atoms with E-state index >= 15 is 0 Å². The molecule has 0 aliphatic heterocycles. The van der Waals surface area contributed by atoms with Gasteiger partial charge in [-0.3, -0.25) is 0 Å². The molecule has 0 saturated heterocycles. The molecule has 0 bridgehead atoms. The quantitative estimate of drug-likeness (QED) is 0.484. The summed E-state index contributed by atoms with van der Waals surface area (Å²) in [5.74, 6) is 0. The molecular formula is C3F6Se3. The molecule has 0 aliphatic rings. The summed E-state index contributed by atoms with van der Waals surface area (Å²) in [5, 5.41) is -9.00. The Morgan fingerprint density at radius 3 is 1.25 bits per heavy atom. The van der Waals surface area contributed by atoms with Crippen molar-refractivity contribution >= 4 is 47.7 Å². The Morgan fingerprint density at radius 1 is 0.833 bits per heavy atom. The van der Waals surface area contributed by atoms with Crippen molar-refractivity contribution in [1.29, 1.82) is 0 Å². The van der Waals surface area contributed by atoms with E-state index in [1.807, 2.05) is 15.6 Å². The molecule has 0 spiro atoms. The van der Waals surface area contributed by atoms with E-state index in [9.17, 15) is 26.3 Å². The normalized spacial score (nSPS) is 13.2. The molecule has 0 aromatic carbocycles. The monoisotopic (exact) mass is 390 g/mol. The maximum absolute atomic E-state index is 11.5. The second-order valence-corrected chi connectivity index (χ2v) is 10.6. The summed E-state index contributed by atoms with van der Waals surface area (Å²) in [6.07, 6.45) is 0. The van der Waals surface area contributed by atoms with Crippen molar-refractivity contribution in [3.63, 3.8) is 0 Å². The predicted octanol–water partition coefficient (Wildman–Crippen LogP) is 0.690. The fourth-order valence-electron chi connectivity index (χ4n) is 0.210. The van der Waals surface area contributed by atoms with Crippen LogP contribution in [0.15, 0.2) is 0 Å². The van der Waals surface area contributed by atoms with Gasteiger partial charge in [-0.1, -0.05) is 0 Å². The van der Waals surface area contributed by atoms with Crippen molar-refractivity contribution in [3.8, 4) is 0 Å². The van der Waals surface area contributed by atoms with E-state index in [-0.39, 0.29) is 0 Å². The summed E-state index contributed by atoms with van der Waals surface area (Å²) >= 11 is -2.28. The Balaban J connectivity index is 3.92. The van der Waals surface area contributed by atoms with Crippen molar-refractivity contribution in [1.82, 2.24) is 0 Å². The molecule has 0 N–H and O–H groups in total. The summed E-state index contributed by atoms with van der Waals surface area (Å²) in [6, 6.07) is 0. The number of rotatable bonds is 2. The molecule has 0 saturated carbocycles. The van der Waals surface area contributed by atoms with Gasteiger partial charge in [0.1, 0.15) is 0 Å². The average Bonchev–Trinajstić information content (AvgIpc) is 1.49. The zero-order valence-corrected chi connectivity index (χ0v) is 10.1. The number of hydrogen-bond acceptors (Lipinski definition) is 0. The van der Waals surface area contributed by atoms with Gasteiger partial charge in [0.05, 0.1) is 0 Å². The molecule has 0 amide bonds. The fourth-order valence-corrected chi connectivity index (χ4v) is 5.67. The van der Waals surface area contributed by atoms with Gasteiger partial charge in [0, 0.05) is 0 Å². The van der Waals surface area contributed by atoms with Gasteiger partial charge in [0.15, 0.2) is 0 Å². The average molecular weight is 387 g/mol. The molecule has 0 nitrogen and oxygen atoms in total. The van der Waals surface area contributed by atoms with Crippen molar-refractivity contribution in [3.05, 3.63) is 0 Å². The van der Waals surface area contributed by atoms with Gasteiger partial charge < -0.3 is 0 Å². The van der Waals surface area contributed by atoms with E-state index < -0.39 is 42.3 Å². The first-order valence-corrected chi connectivity index (χ1v) is 6.44. The van der Waals surface area contributed by atoms with Crippen LogP contribution in [0.4, 0.5) is 26.3 Å².